The first-order valence-electron chi connectivity index (χ1n) is 6.42. The second-order valence-corrected chi connectivity index (χ2v) is 16.8. The van der Waals surface area contributed by atoms with E-state index in [2.05, 4.69) is 64.5 Å². The van der Waals surface area contributed by atoms with E-state index in [4.69, 9.17) is 4.74 Å². The van der Waals surface area contributed by atoms with Crippen LogP contribution in [0.15, 0.2) is 22.7 Å². The van der Waals surface area contributed by atoms with Crippen LogP contribution in [0.25, 0.3) is 0 Å². The van der Waals surface area contributed by atoms with Crippen molar-refractivity contribution in [3.63, 3.8) is 0 Å². The minimum absolute atomic E-state index is 1.01. The molecule has 0 aromatic heterocycles. The van der Waals surface area contributed by atoms with Gasteiger partial charge in [-0.2, -0.15) is 0 Å². The van der Waals surface area contributed by atoms with Crippen molar-refractivity contribution >= 4 is 38.1 Å². The molecule has 1 fully saturated rings. The molecule has 0 N–H and O–H groups in total. The van der Waals surface area contributed by atoms with E-state index >= 15 is 0 Å². The molecule has 0 spiro atoms. The Morgan fingerprint density at radius 3 is 2.17 bits per heavy atom. The third-order valence-electron chi connectivity index (χ3n) is 3.94. The number of nitrogens with zero attached hydrogens (tertiary/aromatic N) is 1. The molecule has 1 heterocycles. The standard InChI is InChI=1S/C13H22BrNOSi2/c1-16-13-10-11(14)6-7-12(13)15-17(2,3)8-9-18(15,4)5/h6-7,10H,8-9H2,1-5H3. The molecular weight excluding hydrogens is 322 g/mol. The predicted octanol–water partition coefficient (Wildman–Crippen LogP) is 4.69. The average Bonchev–Trinajstić information content (AvgIpc) is 2.49. The fourth-order valence-electron chi connectivity index (χ4n) is 3.14. The lowest BCUT2D eigenvalue weighted by Crippen LogP contribution is -2.55. The summed E-state index contributed by atoms with van der Waals surface area (Å²) in [6.07, 6.45) is 0. The van der Waals surface area contributed by atoms with Gasteiger partial charge in [-0.25, -0.2) is 0 Å². The topological polar surface area (TPSA) is 12.5 Å². The van der Waals surface area contributed by atoms with Crippen LogP contribution in [0.4, 0.5) is 5.69 Å². The Labute approximate surface area is 121 Å². The molecule has 1 saturated heterocycles. The summed E-state index contributed by atoms with van der Waals surface area (Å²) < 4.78 is 9.47. The average molecular weight is 344 g/mol. The van der Waals surface area contributed by atoms with E-state index in [1.807, 2.05) is 0 Å². The smallest absolute Gasteiger partial charge is 0.141 e. The van der Waals surface area contributed by atoms with Gasteiger partial charge in [-0.1, -0.05) is 42.1 Å². The summed E-state index contributed by atoms with van der Waals surface area (Å²) in [5, 5.41) is 0. The Morgan fingerprint density at radius 1 is 1.11 bits per heavy atom. The molecule has 0 radical (unpaired) electrons. The molecule has 0 amide bonds. The van der Waals surface area contributed by atoms with Gasteiger partial charge in [-0.05, 0) is 30.3 Å². The quantitative estimate of drug-likeness (QED) is 0.722. The van der Waals surface area contributed by atoms with Crippen molar-refractivity contribution in [1.29, 1.82) is 0 Å². The van der Waals surface area contributed by atoms with Crippen molar-refractivity contribution in [3.8, 4) is 5.75 Å². The van der Waals surface area contributed by atoms with E-state index < -0.39 is 16.5 Å². The van der Waals surface area contributed by atoms with Crippen LogP contribution in [0.5, 0.6) is 5.75 Å². The molecular formula is C13H22BrNOSi2. The van der Waals surface area contributed by atoms with Crippen LogP contribution >= 0.6 is 15.9 Å². The van der Waals surface area contributed by atoms with E-state index in [0.29, 0.717) is 0 Å². The molecule has 0 bridgehead atoms. The highest BCUT2D eigenvalue weighted by atomic mass is 79.9. The molecule has 0 unspecified atom stereocenters. The van der Waals surface area contributed by atoms with Gasteiger partial charge < -0.3 is 8.97 Å². The van der Waals surface area contributed by atoms with Crippen molar-refractivity contribution < 1.29 is 4.74 Å². The first kappa shape index (κ1) is 14.1. The lowest BCUT2D eigenvalue weighted by atomic mass is 10.3. The summed E-state index contributed by atoms with van der Waals surface area (Å²) in [7, 11) is -0.854. The molecule has 2 nitrogen and oxygen atoms in total. The Balaban J connectivity index is 2.53. The number of rotatable bonds is 2. The Morgan fingerprint density at radius 2 is 1.67 bits per heavy atom. The Kier molecular flexibility index (Phi) is 3.68. The van der Waals surface area contributed by atoms with Gasteiger partial charge in [0.2, 0.25) is 0 Å². The van der Waals surface area contributed by atoms with E-state index in [-0.39, 0.29) is 0 Å². The summed E-state index contributed by atoms with van der Waals surface area (Å²) in [6, 6.07) is 9.25. The lowest BCUT2D eigenvalue weighted by molar-refractivity contribution is 0.416. The number of benzene rings is 1. The fraction of sp³-hybridized carbons (Fsp3) is 0.538. The Hall–Kier alpha value is -0.266. The molecule has 18 heavy (non-hydrogen) atoms. The first-order chi connectivity index (χ1) is 8.28. The third-order valence-corrected chi connectivity index (χ3v) is 14.4. The minimum Gasteiger partial charge on any atom is -0.495 e. The second-order valence-electron chi connectivity index (χ2n) is 6.28. The van der Waals surface area contributed by atoms with E-state index in [9.17, 15) is 0 Å². The minimum atomic E-state index is -1.31. The highest BCUT2D eigenvalue weighted by Crippen LogP contribution is 2.44. The fourth-order valence-corrected chi connectivity index (χ4v) is 17.7. The SMILES string of the molecule is COc1cc(Br)ccc1N1[Si](C)(C)CC[Si]1(C)C. The van der Waals surface area contributed by atoms with Crippen LogP contribution in [0.1, 0.15) is 0 Å². The maximum Gasteiger partial charge on any atom is 0.141 e. The van der Waals surface area contributed by atoms with Crippen LogP contribution in [0.3, 0.4) is 0 Å². The summed E-state index contributed by atoms with van der Waals surface area (Å²) in [4.78, 5) is 0. The number of anilines is 1. The third kappa shape index (κ3) is 2.40. The summed E-state index contributed by atoms with van der Waals surface area (Å²) in [5.74, 6) is 1.01. The molecule has 0 saturated carbocycles. The zero-order valence-electron chi connectivity index (χ0n) is 11.9. The molecule has 100 valence electrons. The number of hydrogen-bond acceptors (Lipinski definition) is 2. The number of halogens is 1. The highest BCUT2D eigenvalue weighted by molar-refractivity contribution is 9.10. The van der Waals surface area contributed by atoms with Gasteiger partial charge in [0.1, 0.15) is 22.2 Å². The largest absolute Gasteiger partial charge is 0.495 e. The van der Waals surface area contributed by atoms with Gasteiger partial charge in [0.25, 0.3) is 0 Å². The maximum absolute atomic E-state index is 5.60. The van der Waals surface area contributed by atoms with Crippen molar-refractivity contribution in [2.45, 2.75) is 38.3 Å². The number of ether oxygens (including phenoxy) is 1. The summed E-state index contributed by atoms with van der Waals surface area (Å²) >= 11 is 3.53. The molecule has 0 aliphatic carbocycles. The van der Waals surface area contributed by atoms with Gasteiger partial charge in [0, 0.05) is 4.47 Å². The van der Waals surface area contributed by atoms with Gasteiger partial charge in [-0.3, -0.25) is 0 Å². The molecule has 0 atom stereocenters. The first-order valence-corrected chi connectivity index (χ1v) is 13.5. The van der Waals surface area contributed by atoms with E-state index in [1.165, 1.54) is 17.8 Å². The van der Waals surface area contributed by atoms with Crippen LogP contribution in [-0.4, -0.2) is 23.6 Å². The summed E-state index contributed by atoms with van der Waals surface area (Å²) in [6.45, 7) is 9.93. The summed E-state index contributed by atoms with van der Waals surface area (Å²) in [5.41, 5.74) is 1.31. The van der Waals surface area contributed by atoms with Gasteiger partial charge >= 0.3 is 0 Å². The van der Waals surface area contributed by atoms with Crippen molar-refractivity contribution in [2.24, 2.45) is 0 Å². The monoisotopic (exact) mass is 343 g/mol. The van der Waals surface area contributed by atoms with Crippen molar-refractivity contribution in [2.75, 3.05) is 11.3 Å². The lowest BCUT2D eigenvalue weighted by Gasteiger charge is -2.42. The van der Waals surface area contributed by atoms with Crippen molar-refractivity contribution in [3.05, 3.63) is 22.7 Å². The van der Waals surface area contributed by atoms with Gasteiger partial charge in [0.15, 0.2) is 0 Å². The normalized spacial score (nSPS) is 21.1. The van der Waals surface area contributed by atoms with Crippen LogP contribution < -0.4 is 8.97 Å². The maximum atomic E-state index is 5.60. The van der Waals surface area contributed by atoms with E-state index in [0.717, 1.165) is 10.2 Å². The molecule has 1 aromatic rings. The van der Waals surface area contributed by atoms with Crippen molar-refractivity contribution in [1.82, 2.24) is 0 Å². The molecule has 1 aliphatic rings. The van der Waals surface area contributed by atoms with Gasteiger partial charge in [0.05, 0.1) is 12.8 Å². The zero-order valence-corrected chi connectivity index (χ0v) is 15.5. The van der Waals surface area contributed by atoms with Crippen LogP contribution in [-0.2, 0) is 0 Å². The second kappa shape index (κ2) is 4.69. The molecule has 1 aliphatic heterocycles. The van der Waals surface area contributed by atoms with Crippen LogP contribution in [0.2, 0.25) is 38.3 Å². The Bertz CT molecular complexity index is 446. The van der Waals surface area contributed by atoms with Gasteiger partial charge in [-0.15, -0.1) is 0 Å². The number of hydrogen-bond donors (Lipinski definition) is 0. The highest BCUT2D eigenvalue weighted by Gasteiger charge is 2.48. The molecule has 2 rings (SSSR count). The van der Waals surface area contributed by atoms with E-state index in [1.54, 1.807) is 7.11 Å². The molecule has 1 aromatic carbocycles. The molecule has 5 heteroatoms. The van der Waals surface area contributed by atoms with Crippen LogP contribution in [0, 0.1) is 0 Å². The number of methoxy groups -OCH3 is 1. The predicted molar refractivity (Wildman–Crippen MR) is 87.8 cm³/mol. The zero-order chi connectivity index (χ0) is 13.6.